The molecule has 4 aliphatic rings. The molecule has 3 fully saturated rings. The molecule has 1 heterocycles. The number of carbonyl (C=O) groups is 5. The molecule has 1 amide bonds. The van der Waals surface area contributed by atoms with Crippen molar-refractivity contribution >= 4 is 41.5 Å². The normalized spacial score (nSPS) is 29.8. The zero-order valence-electron chi connectivity index (χ0n) is 38.9. The molecule has 4 aromatic rings. The summed E-state index contributed by atoms with van der Waals surface area (Å²) in [6.07, 6.45) is -8.97. The summed E-state index contributed by atoms with van der Waals surface area (Å²) >= 11 is 1.35. The van der Waals surface area contributed by atoms with Crippen molar-refractivity contribution in [3.8, 4) is 0 Å². The quantitative estimate of drug-likeness (QED) is 0.0473. The number of ether oxygens (including phenoxy) is 6. The molecule has 4 N–H and O–H groups in total. The fourth-order valence-corrected chi connectivity index (χ4v) is 11.2. The number of thioether (sulfide) groups is 1. The van der Waals surface area contributed by atoms with Gasteiger partial charge in [-0.05, 0) is 66.6 Å². The van der Waals surface area contributed by atoms with Crippen molar-refractivity contribution in [1.29, 1.82) is 0 Å². The average Bonchev–Trinajstić information content (AvgIpc) is 3.35. The molecular formula is C53H57NO14S. The van der Waals surface area contributed by atoms with Crippen LogP contribution in [0.5, 0.6) is 0 Å². The van der Waals surface area contributed by atoms with E-state index in [1.165, 1.54) is 23.9 Å². The third-order valence-corrected chi connectivity index (χ3v) is 15.0. The third-order valence-electron chi connectivity index (χ3n) is 14.7. The monoisotopic (exact) mass is 963 g/mol. The molecule has 9 unspecified atom stereocenters. The summed E-state index contributed by atoms with van der Waals surface area (Å²) in [6, 6.07) is 31.9. The highest BCUT2D eigenvalue weighted by Crippen LogP contribution is 2.63. The first kappa shape index (κ1) is 49.5. The van der Waals surface area contributed by atoms with Crippen LogP contribution in [-0.2, 0) is 44.6 Å². The van der Waals surface area contributed by atoms with Crippen LogP contribution in [0.2, 0.25) is 0 Å². The smallest absolute Gasteiger partial charge is 0.455 e. The van der Waals surface area contributed by atoms with E-state index in [1.807, 2.05) is 6.26 Å². The van der Waals surface area contributed by atoms with Gasteiger partial charge in [0.25, 0.3) is 5.91 Å². The van der Waals surface area contributed by atoms with Crippen molar-refractivity contribution < 1.29 is 67.7 Å². The minimum Gasteiger partial charge on any atom is -0.455 e. The first-order valence-corrected chi connectivity index (χ1v) is 24.2. The molecule has 4 aromatic carbocycles. The van der Waals surface area contributed by atoms with Crippen LogP contribution in [0, 0.1) is 16.7 Å². The molecule has 1 aliphatic heterocycles. The Labute approximate surface area is 404 Å². The number of benzene rings is 4. The largest absolute Gasteiger partial charge is 0.509 e. The number of aliphatic hydroxyl groups excluding tert-OH is 1. The van der Waals surface area contributed by atoms with E-state index in [1.54, 1.807) is 137 Å². The topological polar surface area (TPSA) is 213 Å². The van der Waals surface area contributed by atoms with Gasteiger partial charge >= 0.3 is 18.1 Å². The summed E-state index contributed by atoms with van der Waals surface area (Å²) in [6.45, 7) is 5.78. The molecule has 0 spiro atoms. The summed E-state index contributed by atoms with van der Waals surface area (Å²) in [7, 11) is 0. The Hall–Kier alpha value is -5.88. The maximum atomic E-state index is 15.4. The third kappa shape index (κ3) is 9.10. The standard InChI is InChI=1S/C53H57NO14S/c1-31-36(66-48(59)42(67-49(60)63-28-32-18-10-6-11-19-32)40(33-20-12-7-13-21-33)54-46(57)34-22-14-8-15-23-34)27-53(62)45(68-47(58)35-24-16-9-17-25-35)43-51(4,44(56)41(55)39(31)50(53,2)3)37(65-30-69-5)26-38-52(43,61)29-64-38/h6-25,36-38,40-43,45,55,61-62H,26-30H2,1-5H3,(H,54,57)/t36?,37?,38?,40?,41?,42?,43?,45?,51-,52+,53?/m1/s1. The van der Waals surface area contributed by atoms with Gasteiger partial charge in [-0.15, -0.1) is 11.8 Å². The number of nitrogens with one attached hydrogen (secondary N) is 1. The lowest BCUT2D eigenvalue weighted by atomic mass is 9.44. The zero-order chi connectivity index (χ0) is 49.3. The number of hydrogen-bond donors (Lipinski definition) is 4. The number of amides is 1. The van der Waals surface area contributed by atoms with Crippen molar-refractivity contribution in [1.82, 2.24) is 5.32 Å². The Kier molecular flexibility index (Phi) is 14.3. The Morgan fingerprint density at radius 3 is 2.03 bits per heavy atom. The highest BCUT2D eigenvalue weighted by Gasteiger charge is 2.76. The number of Topliss-reactive ketones (excluding diaryl/α,β-unsaturated/α-hetero) is 1. The number of esters is 2. The maximum absolute atomic E-state index is 15.4. The Balaban J connectivity index is 1.24. The van der Waals surface area contributed by atoms with E-state index in [9.17, 15) is 29.7 Å². The van der Waals surface area contributed by atoms with E-state index in [0.717, 1.165) is 0 Å². The van der Waals surface area contributed by atoms with E-state index < -0.39 is 107 Å². The van der Waals surface area contributed by atoms with Gasteiger partial charge in [-0.1, -0.05) is 111 Å². The number of aliphatic hydroxyl groups is 3. The van der Waals surface area contributed by atoms with Crippen LogP contribution in [0.25, 0.3) is 0 Å². The highest BCUT2D eigenvalue weighted by atomic mass is 32.2. The summed E-state index contributed by atoms with van der Waals surface area (Å²) in [5, 5.41) is 41.9. The first-order chi connectivity index (χ1) is 32.9. The van der Waals surface area contributed by atoms with Gasteiger partial charge in [0.1, 0.15) is 42.2 Å². The molecule has 3 aliphatic carbocycles. The van der Waals surface area contributed by atoms with Crippen molar-refractivity contribution in [2.45, 2.75) is 101 Å². The lowest BCUT2D eigenvalue weighted by Crippen LogP contribution is -2.81. The SMILES string of the molecule is CSCOC1CC2OC[C@@]2(O)C2C(OC(=O)c3ccccc3)C3(O)CC(OC(=O)C(OC(=O)OCc4ccccc4)C(NC(=O)c4ccccc4)c4ccccc4)C(C)=C(C(O)C(=O)[C@]12C)C3(C)C. The number of ketones is 1. The molecule has 1 saturated heterocycles. The number of fused-ring (bicyclic) bond motifs is 5. The van der Waals surface area contributed by atoms with Crippen molar-refractivity contribution in [2.24, 2.45) is 16.7 Å². The highest BCUT2D eigenvalue weighted by molar-refractivity contribution is 7.98. The van der Waals surface area contributed by atoms with Crippen LogP contribution in [-0.4, -0.2) is 112 Å². The van der Waals surface area contributed by atoms with E-state index in [4.69, 9.17) is 28.4 Å². The van der Waals surface area contributed by atoms with Gasteiger partial charge in [0.05, 0.1) is 35.7 Å². The molecule has 11 atom stereocenters. The molecule has 15 nitrogen and oxygen atoms in total. The first-order valence-electron chi connectivity index (χ1n) is 22.8. The summed E-state index contributed by atoms with van der Waals surface area (Å²) < 4.78 is 36.4. The Morgan fingerprint density at radius 1 is 0.841 bits per heavy atom. The Bertz CT molecular complexity index is 2560. The second-order valence-electron chi connectivity index (χ2n) is 18.9. The molecule has 364 valence electrons. The van der Waals surface area contributed by atoms with Gasteiger partial charge in [0.2, 0.25) is 6.10 Å². The average molecular weight is 964 g/mol. The number of hydrogen-bond acceptors (Lipinski definition) is 15. The van der Waals surface area contributed by atoms with E-state index >= 15 is 9.59 Å². The van der Waals surface area contributed by atoms with Crippen LogP contribution in [0.15, 0.2) is 132 Å². The van der Waals surface area contributed by atoms with Crippen LogP contribution in [0.1, 0.15) is 78.4 Å². The summed E-state index contributed by atoms with van der Waals surface area (Å²) in [4.78, 5) is 72.4. The minimum absolute atomic E-state index is 0.0150. The van der Waals surface area contributed by atoms with Crippen molar-refractivity contribution in [3.63, 3.8) is 0 Å². The van der Waals surface area contributed by atoms with Crippen LogP contribution in [0.4, 0.5) is 4.79 Å². The number of rotatable bonds is 14. The van der Waals surface area contributed by atoms with Gasteiger partial charge in [0, 0.05) is 29.7 Å². The fourth-order valence-electron chi connectivity index (χ4n) is 10.9. The van der Waals surface area contributed by atoms with Gasteiger partial charge < -0.3 is 49.1 Å². The van der Waals surface area contributed by atoms with E-state index in [2.05, 4.69) is 5.32 Å². The summed E-state index contributed by atoms with van der Waals surface area (Å²) in [5.41, 5.74) is -6.16. The van der Waals surface area contributed by atoms with Gasteiger partial charge in [-0.25, -0.2) is 14.4 Å². The second-order valence-corrected chi connectivity index (χ2v) is 19.7. The lowest BCUT2D eigenvalue weighted by Gasteiger charge is -2.67. The van der Waals surface area contributed by atoms with Crippen LogP contribution < -0.4 is 5.32 Å². The van der Waals surface area contributed by atoms with E-state index in [0.29, 0.717) is 11.1 Å². The van der Waals surface area contributed by atoms with Crippen LogP contribution >= 0.6 is 11.8 Å². The molecule has 8 rings (SSSR count). The maximum Gasteiger partial charge on any atom is 0.509 e. The fraction of sp³-hybridized carbons (Fsp3) is 0.415. The lowest BCUT2D eigenvalue weighted by molar-refractivity contribution is -0.345. The molecule has 0 radical (unpaired) electrons. The molecule has 69 heavy (non-hydrogen) atoms. The summed E-state index contributed by atoms with van der Waals surface area (Å²) in [5.74, 6) is -4.79. The molecule has 2 saturated carbocycles. The Morgan fingerprint density at radius 2 is 1.43 bits per heavy atom. The predicted molar refractivity (Wildman–Crippen MR) is 251 cm³/mol. The minimum atomic E-state index is -2.34. The van der Waals surface area contributed by atoms with Crippen molar-refractivity contribution in [3.05, 3.63) is 155 Å². The van der Waals surface area contributed by atoms with E-state index in [-0.39, 0.29) is 47.8 Å². The molecule has 16 heteroatoms. The van der Waals surface area contributed by atoms with Crippen LogP contribution in [0.3, 0.4) is 0 Å². The van der Waals surface area contributed by atoms with Gasteiger partial charge in [0.15, 0.2) is 5.78 Å². The molecule has 2 bridgehead atoms. The number of carbonyl (C=O) groups excluding carboxylic acids is 5. The molecular weight excluding hydrogens is 907 g/mol. The predicted octanol–water partition coefficient (Wildman–Crippen LogP) is 6.30. The molecule has 0 aromatic heterocycles. The zero-order valence-corrected chi connectivity index (χ0v) is 39.8. The van der Waals surface area contributed by atoms with Crippen molar-refractivity contribution in [2.75, 3.05) is 18.8 Å². The second kappa shape index (κ2) is 19.9. The van der Waals surface area contributed by atoms with Gasteiger partial charge in [-0.3, -0.25) is 9.59 Å². The van der Waals surface area contributed by atoms with Gasteiger partial charge in [-0.2, -0.15) is 0 Å².